The number of aromatic amines is 1. The van der Waals surface area contributed by atoms with Gasteiger partial charge in [0.05, 0.1) is 49.2 Å². The lowest BCUT2D eigenvalue weighted by Gasteiger charge is -2.15. The van der Waals surface area contributed by atoms with Crippen molar-refractivity contribution in [2.75, 3.05) is 5.73 Å². The molecule has 0 spiro atoms. The van der Waals surface area contributed by atoms with Gasteiger partial charge in [-0.15, -0.1) is 40.1 Å². The van der Waals surface area contributed by atoms with Crippen LogP contribution in [0.2, 0.25) is 0 Å². The molecule has 40 nitrogen and oxygen atoms in total. The van der Waals surface area contributed by atoms with Crippen LogP contribution in [0.4, 0.5) is 56.9 Å². The number of non-ortho nitro benzene ring substituents is 1. The Morgan fingerprint density at radius 3 is 1.68 bits per heavy atom. The van der Waals surface area contributed by atoms with Gasteiger partial charge in [-0.05, 0) is 85.3 Å². The normalized spacial score (nSPS) is 13.1. The number of carbonyl (C=O) groups is 1. The SMILES string of the molecule is Cc1cc(N=Nc2c(C(=O)O)[nH]n(-c3ccc(S(=O)(=O)O)cc3)c2=O)c(S(=O)(=O)O)cc1N=Nc1c(S(=O)(=O)O)cc2c(S(=O)(=O)O)c(N=Nc3cc(S(=O)(=O)O)c4cc(SOOO)c(N=Nc5ccc([N+](=O)[O-])cc5S(=O)(=O)O)c(O)c4c3N)ccc2c1O. The number of hydrogen-bond donors (Lipinski definition) is 12. The molecule has 90 heavy (non-hydrogen) atoms. The third kappa shape index (κ3) is 13.5. The van der Waals surface area contributed by atoms with Gasteiger partial charge in [-0.1, -0.05) is 5.04 Å². The molecule has 13 N–H and O–H groups in total. The highest BCUT2D eigenvalue weighted by Gasteiger charge is 2.31. The molecule has 0 aliphatic heterocycles. The van der Waals surface area contributed by atoms with Gasteiger partial charge in [-0.2, -0.15) is 55.6 Å². The lowest BCUT2D eigenvalue weighted by atomic mass is 10.0. The largest absolute Gasteiger partial charge is 0.505 e. The number of carboxylic acid groups (broad SMARTS) is 1. The van der Waals surface area contributed by atoms with E-state index in [1.165, 1.54) is 0 Å². The second-order valence-electron chi connectivity index (χ2n) is 17.5. The highest BCUT2D eigenvalue weighted by molar-refractivity contribution is 7.94. The number of anilines is 1. The molecule has 0 unspecified atom stereocenters. The fourth-order valence-corrected chi connectivity index (χ4v) is 12.4. The molecule has 472 valence electrons. The lowest BCUT2D eigenvalue weighted by Crippen LogP contribution is -2.14. The summed E-state index contributed by atoms with van der Waals surface area (Å²) < 4.78 is 216. The highest BCUT2D eigenvalue weighted by atomic mass is 32.2. The fourth-order valence-electron chi connectivity index (χ4n) is 8.04. The van der Waals surface area contributed by atoms with Crippen LogP contribution in [-0.2, 0) is 70.1 Å². The Morgan fingerprint density at radius 1 is 0.578 bits per heavy atom. The Kier molecular flexibility index (Phi) is 17.8. The maximum absolute atomic E-state index is 13.4. The molecule has 1 aromatic heterocycles. The Labute approximate surface area is 503 Å². The molecule has 0 atom stereocenters. The zero-order valence-corrected chi connectivity index (χ0v) is 49.0. The number of nitrogens with two attached hydrogens (primary N) is 1. The minimum Gasteiger partial charge on any atom is -0.505 e. The van der Waals surface area contributed by atoms with Gasteiger partial charge in [-0.25, -0.2) is 14.7 Å². The number of nitrogen functional groups attached to an aromatic ring is 1. The second kappa shape index (κ2) is 24.1. The van der Waals surface area contributed by atoms with E-state index in [1.807, 2.05) is 0 Å². The monoisotopic (exact) mass is 1390 g/mol. The average Bonchev–Trinajstić information content (AvgIpc) is 0.934. The van der Waals surface area contributed by atoms with E-state index in [2.05, 4.69) is 55.4 Å². The minimum atomic E-state index is -5.77. The van der Waals surface area contributed by atoms with Crippen LogP contribution in [0.3, 0.4) is 0 Å². The molecule has 0 saturated heterocycles. The first-order chi connectivity index (χ1) is 41.6. The number of fused-ring (bicyclic) bond motifs is 2. The van der Waals surface area contributed by atoms with Crippen molar-refractivity contribution in [3.05, 3.63) is 117 Å². The maximum Gasteiger partial charge on any atom is 0.356 e. The Bertz CT molecular complexity index is 5370. The van der Waals surface area contributed by atoms with E-state index in [9.17, 15) is 113 Å². The first kappa shape index (κ1) is 66.4. The molecule has 0 amide bonds. The molecule has 0 saturated carbocycles. The molecule has 7 aromatic carbocycles. The predicted octanol–water partition coefficient (Wildman–Crippen LogP) is 7.95. The second-order valence-corrected chi connectivity index (χ2v) is 26.6. The molecule has 47 heteroatoms. The molecule has 0 fully saturated rings. The molecule has 0 radical (unpaired) electrons. The summed E-state index contributed by atoms with van der Waals surface area (Å²) in [4.78, 5) is 28.0. The molecule has 1 heterocycles. The molecular formula is C43H30N12O28S7. The van der Waals surface area contributed by atoms with Gasteiger partial charge in [0.1, 0.15) is 58.6 Å². The summed E-state index contributed by atoms with van der Waals surface area (Å²) in [7, 11) is -32.5. The van der Waals surface area contributed by atoms with Gasteiger partial charge in [0.15, 0.2) is 22.9 Å². The van der Waals surface area contributed by atoms with Crippen LogP contribution in [0.1, 0.15) is 16.1 Å². The number of nitro groups is 1. The van der Waals surface area contributed by atoms with Gasteiger partial charge >= 0.3 is 5.97 Å². The standard InChI is InChI=1S/C43H30N12O28S7/c1-16-10-26(48-52-37-38(43(59)60)53-54(42(37)58)17-2-5-19(6-3-17)85(64,65)66)31(88(73,74)75)14-25(16)47-51-36-32(89(76,77)78)13-21-20(39(36)56)7-9-24(41(21)90(79,80)81)46-49-27-15-29(86(67,68)69)22-12-28(84-83-82-63)35(40(57)33(22)34(27)44)50-45-23-8-4-18(55(61)62)11-30(23)87(70,71)72/h2-15,53,56-57,63H,44H2,1H3,(H,59,60)(H,64,65,66)(H,67,68,69)(H,70,71,72)(H,73,74,75)(H,76,77,78)(H,79,80,81). The van der Waals surface area contributed by atoms with Crippen molar-refractivity contribution < 1.29 is 117 Å². The number of nitro benzene ring substituents is 1. The zero-order chi connectivity index (χ0) is 66.7. The summed E-state index contributed by atoms with van der Waals surface area (Å²) in [5.74, 6) is -4.45. The van der Waals surface area contributed by atoms with E-state index in [-0.39, 0.29) is 23.3 Å². The van der Waals surface area contributed by atoms with Crippen LogP contribution >= 0.6 is 12.0 Å². The molecule has 0 aliphatic rings. The lowest BCUT2D eigenvalue weighted by molar-refractivity contribution is -0.432. The molecule has 0 bridgehead atoms. The molecule has 8 aromatic rings. The predicted molar refractivity (Wildman–Crippen MR) is 300 cm³/mol. The van der Waals surface area contributed by atoms with E-state index >= 15 is 0 Å². The van der Waals surface area contributed by atoms with E-state index in [1.54, 1.807) is 0 Å². The first-order valence-electron chi connectivity index (χ1n) is 22.9. The van der Waals surface area contributed by atoms with E-state index < -0.39 is 207 Å². The third-order valence-electron chi connectivity index (χ3n) is 11.9. The van der Waals surface area contributed by atoms with Crippen molar-refractivity contribution in [2.45, 2.75) is 41.2 Å². The molecule has 0 aliphatic carbocycles. The van der Waals surface area contributed by atoms with Gasteiger partial charge in [0, 0.05) is 28.3 Å². The van der Waals surface area contributed by atoms with Crippen molar-refractivity contribution in [1.82, 2.24) is 9.78 Å². The smallest absolute Gasteiger partial charge is 0.356 e. The van der Waals surface area contributed by atoms with Crippen molar-refractivity contribution >= 4 is 157 Å². The number of nitrogens with one attached hydrogen (secondary N) is 1. The summed E-state index contributed by atoms with van der Waals surface area (Å²) >= 11 is -0.0548. The van der Waals surface area contributed by atoms with Crippen LogP contribution in [0, 0.1) is 17.0 Å². The number of nitrogens with zero attached hydrogens (tertiary/aromatic N) is 10. The topological polar surface area (TPSA) is 649 Å². The quantitative estimate of drug-likeness (QED) is 0.00654. The summed E-state index contributed by atoms with van der Waals surface area (Å²) in [6, 6.07) is 9.70. The third-order valence-corrected chi connectivity index (χ3v) is 17.9. The van der Waals surface area contributed by atoms with Crippen molar-refractivity contribution in [1.29, 1.82) is 0 Å². The van der Waals surface area contributed by atoms with Crippen LogP contribution in [0.25, 0.3) is 27.2 Å². The number of aryl methyl sites for hydroxylation is 1. The van der Waals surface area contributed by atoms with Crippen molar-refractivity contribution in [3.63, 3.8) is 0 Å². The Morgan fingerprint density at radius 2 is 1.11 bits per heavy atom. The number of rotatable bonds is 20. The molecule has 8 rings (SSSR count). The Hall–Kier alpha value is -9.57. The number of hydrogen-bond acceptors (Lipinski definition) is 31. The highest BCUT2D eigenvalue weighted by Crippen LogP contribution is 2.51. The fraction of sp³-hybridized carbons (Fsp3) is 0.0233. The van der Waals surface area contributed by atoms with Crippen molar-refractivity contribution in [3.8, 4) is 17.2 Å². The number of phenols is 2. The van der Waals surface area contributed by atoms with Crippen LogP contribution < -0.4 is 11.3 Å². The number of azo groups is 4. The van der Waals surface area contributed by atoms with Crippen molar-refractivity contribution in [2.24, 2.45) is 40.9 Å². The van der Waals surface area contributed by atoms with Crippen LogP contribution in [-0.4, -0.2) is 119 Å². The van der Waals surface area contributed by atoms with Crippen LogP contribution in [0.15, 0.2) is 165 Å². The summed E-state index contributed by atoms with van der Waals surface area (Å²) in [6.07, 6.45) is 0. The average molecular weight is 1390 g/mol. The number of H-pyrrole nitrogens is 1. The minimum absolute atomic E-state index is 0.0548. The van der Waals surface area contributed by atoms with E-state index in [0.29, 0.717) is 41.1 Å². The van der Waals surface area contributed by atoms with Gasteiger partial charge < -0.3 is 21.1 Å². The number of aromatic carboxylic acids is 1. The van der Waals surface area contributed by atoms with Gasteiger partial charge in [0.2, 0.25) is 0 Å². The summed E-state index contributed by atoms with van der Waals surface area (Å²) in [5, 5.41) is 84.7. The number of phenolic OH excluding ortho intramolecular Hbond substituents is 2. The van der Waals surface area contributed by atoms with Gasteiger partial charge in [-0.3, -0.25) is 47.3 Å². The van der Waals surface area contributed by atoms with E-state index in [0.717, 1.165) is 55.5 Å². The maximum atomic E-state index is 13.4. The number of aromatic hydroxyl groups is 2. The number of benzene rings is 7. The number of aromatic nitrogens is 2. The Balaban J connectivity index is 1.23. The van der Waals surface area contributed by atoms with Gasteiger partial charge in [0.25, 0.3) is 72.0 Å². The molecular weight excluding hydrogens is 1360 g/mol. The van der Waals surface area contributed by atoms with Crippen LogP contribution in [0.5, 0.6) is 11.5 Å². The zero-order valence-electron chi connectivity index (χ0n) is 43.3. The first-order valence-corrected chi connectivity index (χ1v) is 32.2. The van der Waals surface area contributed by atoms with E-state index in [4.69, 9.17) is 11.0 Å². The summed E-state index contributed by atoms with van der Waals surface area (Å²) in [6.45, 7) is 1.16. The summed E-state index contributed by atoms with van der Waals surface area (Å²) in [5.41, 5.74) is -5.36. The number of carboxylic acids is 1.